The standard InChI is InChI=1S/C16H30N2S/c1-5-6-7-10-16(3,13-17)18(4)14(2)12-15-9-8-11-19-15/h8-9,11,14H,5-7,10,12-13,17H2,1-4H3. The lowest BCUT2D eigenvalue weighted by molar-refractivity contribution is 0.0896. The van der Waals surface area contributed by atoms with Crippen molar-refractivity contribution in [3.8, 4) is 0 Å². The molecule has 0 saturated carbocycles. The summed E-state index contributed by atoms with van der Waals surface area (Å²) in [7, 11) is 2.23. The lowest BCUT2D eigenvalue weighted by Gasteiger charge is -2.42. The fraction of sp³-hybridized carbons (Fsp3) is 0.750. The molecule has 0 bridgehead atoms. The molecule has 19 heavy (non-hydrogen) atoms. The third-order valence-electron chi connectivity index (χ3n) is 4.35. The number of unbranched alkanes of at least 4 members (excludes halogenated alkanes) is 2. The third-order valence-corrected chi connectivity index (χ3v) is 5.25. The average Bonchev–Trinajstić information content (AvgIpc) is 2.90. The number of nitrogens with two attached hydrogens (primary N) is 1. The van der Waals surface area contributed by atoms with E-state index in [4.69, 9.17) is 5.73 Å². The molecule has 0 radical (unpaired) electrons. The van der Waals surface area contributed by atoms with Crippen molar-refractivity contribution in [1.29, 1.82) is 0 Å². The molecule has 2 atom stereocenters. The van der Waals surface area contributed by atoms with E-state index in [0.717, 1.165) is 13.0 Å². The van der Waals surface area contributed by atoms with Crippen molar-refractivity contribution in [3.63, 3.8) is 0 Å². The molecule has 1 aromatic heterocycles. The molecule has 1 rings (SSSR count). The maximum absolute atomic E-state index is 6.06. The van der Waals surface area contributed by atoms with E-state index in [2.05, 4.69) is 50.2 Å². The number of likely N-dealkylation sites (N-methyl/N-ethyl adjacent to an activating group) is 1. The first kappa shape index (κ1) is 16.7. The largest absolute Gasteiger partial charge is 0.329 e. The second kappa shape index (κ2) is 8.03. The molecule has 0 fully saturated rings. The molecule has 0 saturated heterocycles. The number of rotatable bonds is 9. The van der Waals surface area contributed by atoms with Crippen LogP contribution in [0.15, 0.2) is 17.5 Å². The zero-order valence-corrected chi connectivity index (χ0v) is 13.8. The second-order valence-electron chi connectivity index (χ2n) is 5.90. The van der Waals surface area contributed by atoms with E-state index in [1.165, 1.54) is 30.6 Å². The molecular formula is C16H30N2S. The van der Waals surface area contributed by atoms with Gasteiger partial charge in [0.1, 0.15) is 0 Å². The fourth-order valence-corrected chi connectivity index (χ4v) is 3.39. The van der Waals surface area contributed by atoms with Crippen LogP contribution in [0.4, 0.5) is 0 Å². The maximum Gasteiger partial charge on any atom is 0.0303 e. The molecule has 2 nitrogen and oxygen atoms in total. The van der Waals surface area contributed by atoms with Gasteiger partial charge in [0.25, 0.3) is 0 Å². The first-order valence-electron chi connectivity index (χ1n) is 7.49. The zero-order valence-electron chi connectivity index (χ0n) is 13.0. The van der Waals surface area contributed by atoms with Crippen LogP contribution >= 0.6 is 11.3 Å². The first-order chi connectivity index (χ1) is 9.03. The van der Waals surface area contributed by atoms with Gasteiger partial charge < -0.3 is 5.73 Å². The van der Waals surface area contributed by atoms with Crippen molar-refractivity contribution >= 4 is 11.3 Å². The van der Waals surface area contributed by atoms with Crippen LogP contribution in [0.5, 0.6) is 0 Å². The van der Waals surface area contributed by atoms with Crippen molar-refractivity contribution in [2.75, 3.05) is 13.6 Å². The Morgan fingerprint density at radius 1 is 1.42 bits per heavy atom. The topological polar surface area (TPSA) is 29.3 Å². The van der Waals surface area contributed by atoms with Crippen LogP contribution in [0, 0.1) is 0 Å². The van der Waals surface area contributed by atoms with Crippen molar-refractivity contribution < 1.29 is 0 Å². The summed E-state index contributed by atoms with van der Waals surface area (Å²) >= 11 is 1.85. The Labute approximate surface area is 123 Å². The summed E-state index contributed by atoms with van der Waals surface area (Å²) in [6.45, 7) is 7.62. The zero-order chi connectivity index (χ0) is 14.3. The van der Waals surface area contributed by atoms with Gasteiger partial charge in [-0.2, -0.15) is 0 Å². The van der Waals surface area contributed by atoms with Crippen LogP contribution in [0.2, 0.25) is 0 Å². The highest BCUT2D eigenvalue weighted by Crippen LogP contribution is 2.24. The average molecular weight is 282 g/mol. The Bertz CT molecular complexity index is 337. The quantitative estimate of drug-likeness (QED) is 0.696. The molecule has 1 aromatic rings. The summed E-state index contributed by atoms with van der Waals surface area (Å²) in [6, 6.07) is 4.90. The molecular weight excluding hydrogens is 252 g/mol. The van der Waals surface area contributed by atoms with Gasteiger partial charge in [-0.05, 0) is 45.2 Å². The molecule has 0 aliphatic heterocycles. The van der Waals surface area contributed by atoms with Gasteiger partial charge in [0, 0.05) is 23.0 Å². The summed E-state index contributed by atoms with van der Waals surface area (Å²) < 4.78 is 0. The smallest absolute Gasteiger partial charge is 0.0303 e. The second-order valence-corrected chi connectivity index (χ2v) is 6.93. The third kappa shape index (κ3) is 4.90. The Morgan fingerprint density at radius 3 is 2.68 bits per heavy atom. The highest BCUT2D eigenvalue weighted by Gasteiger charge is 2.30. The molecule has 0 aromatic carbocycles. The predicted molar refractivity (Wildman–Crippen MR) is 86.8 cm³/mol. The van der Waals surface area contributed by atoms with Gasteiger partial charge in [0.15, 0.2) is 0 Å². The Morgan fingerprint density at radius 2 is 2.16 bits per heavy atom. The molecule has 0 aliphatic rings. The molecule has 0 spiro atoms. The van der Waals surface area contributed by atoms with Crippen LogP contribution in [-0.2, 0) is 6.42 Å². The van der Waals surface area contributed by atoms with Crippen molar-refractivity contribution in [1.82, 2.24) is 4.90 Å². The minimum atomic E-state index is 0.131. The Kier molecular flexibility index (Phi) is 7.05. The number of hydrogen-bond donors (Lipinski definition) is 1. The van der Waals surface area contributed by atoms with Crippen molar-refractivity contribution in [2.24, 2.45) is 5.73 Å². The summed E-state index contributed by atoms with van der Waals surface area (Å²) in [4.78, 5) is 3.95. The highest BCUT2D eigenvalue weighted by molar-refractivity contribution is 7.09. The fourth-order valence-electron chi connectivity index (χ4n) is 2.57. The van der Waals surface area contributed by atoms with E-state index in [-0.39, 0.29) is 5.54 Å². The molecule has 3 heteroatoms. The summed E-state index contributed by atoms with van der Waals surface area (Å²) in [5.74, 6) is 0. The van der Waals surface area contributed by atoms with Gasteiger partial charge in [-0.3, -0.25) is 4.90 Å². The first-order valence-corrected chi connectivity index (χ1v) is 8.37. The van der Waals surface area contributed by atoms with E-state index in [1.54, 1.807) is 0 Å². The van der Waals surface area contributed by atoms with E-state index in [1.807, 2.05) is 11.3 Å². The molecule has 0 aliphatic carbocycles. The molecule has 2 N–H and O–H groups in total. The van der Waals surface area contributed by atoms with Crippen LogP contribution in [0.1, 0.15) is 51.3 Å². The lowest BCUT2D eigenvalue weighted by atomic mass is 9.91. The monoisotopic (exact) mass is 282 g/mol. The van der Waals surface area contributed by atoms with Gasteiger partial charge in [-0.1, -0.05) is 32.3 Å². The molecule has 0 amide bonds. The van der Waals surface area contributed by atoms with E-state index >= 15 is 0 Å². The number of thiophene rings is 1. The number of hydrogen-bond acceptors (Lipinski definition) is 3. The van der Waals surface area contributed by atoms with Gasteiger partial charge in [0.05, 0.1) is 0 Å². The minimum absolute atomic E-state index is 0.131. The van der Waals surface area contributed by atoms with E-state index in [9.17, 15) is 0 Å². The van der Waals surface area contributed by atoms with E-state index < -0.39 is 0 Å². The van der Waals surface area contributed by atoms with Gasteiger partial charge in [-0.25, -0.2) is 0 Å². The van der Waals surface area contributed by atoms with Crippen molar-refractivity contribution in [3.05, 3.63) is 22.4 Å². The van der Waals surface area contributed by atoms with Crippen LogP contribution in [0.25, 0.3) is 0 Å². The van der Waals surface area contributed by atoms with Crippen molar-refractivity contribution in [2.45, 2.75) is 64.5 Å². The SMILES string of the molecule is CCCCCC(C)(CN)N(C)C(C)Cc1cccs1. The lowest BCUT2D eigenvalue weighted by Crippen LogP contribution is -2.53. The summed E-state index contributed by atoms with van der Waals surface area (Å²) in [6.07, 6.45) is 6.18. The van der Waals surface area contributed by atoms with Crippen LogP contribution in [-0.4, -0.2) is 30.1 Å². The van der Waals surface area contributed by atoms with Gasteiger partial charge in [0.2, 0.25) is 0 Å². The molecule has 110 valence electrons. The minimum Gasteiger partial charge on any atom is -0.329 e. The summed E-state index contributed by atoms with van der Waals surface area (Å²) in [5.41, 5.74) is 6.19. The normalized spacial score (nSPS) is 16.5. The van der Waals surface area contributed by atoms with E-state index in [0.29, 0.717) is 6.04 Å². The number of nitrogens with zero attached hydrogens (tertiary/aromatic N) is 1. The Hall–Kier alpha value is -0.380. The van der Waals surface area contributed by atoms with Crippen LogP contribution < -0.4 is 5.73 Å². The Balaban J connectivity index is 2.57. The van der Waals surface area contributed by atoms with Gasteiger partial charge in [-0.15, -0.1) is 11.3 Å². The molecule has 1 heterocycles. The maximum atomic E-state index is 6.06. The molecule has 2 unspecified atom stereocenters. The predicted octanol–water partition coefficient (Wildman–Crippen LogP) is 3.91. The summed E-state index contributed by atoms with van der Waals surface area (Å²) in [5, 5.41) is 2.16. The highest BCUT2D eigenvalue weighted by atomic mass is 32.1. The van der Waals surface area contributed by atoms with Crippen LogP contribution in [0.3, 0.4) is 0 Å². The van der Waals surface area contributed by atoms with Gasteiger partial charge >= 0.3 is 0 Å².